The van der Waals surface area contributed by atoms with Crippen molar-refractivity contribution in [2.45, 2.75) is 6.92 Å². The fourth-order valence-corrected chi connectivity index (χ4v) is 1.22. The van der Waals surface area contributed by atoms with Crippen LogP contribution in [0.5, 0.6) is 0 Å². The summed E-state index contributed by atoms with van der Waals surface area (Å²) in [5.41, 5.74) is 0.967. The first-order valence-corrected chi connectivity index (χ1v) is 4.21. The zero-order valence-electron chi connectivity index (χ0n) is 7.14. The van der Waals surface area contributed by atoms with E-state index in [9.17, 15) is 8.78 Å². The van der Waals surface area contributed by atoms with Crippen LogP contribution in [-0.2, 0) is 0 Å². The number of aryl methyl sites for hydroxylation is 1. The van der Waals surface area contributed by atoms with Crippen LogP contribution >= 0.6 is 12.2 Å². The molecule has 0 aromatic carbocycles. The lowest BCUT2D eigenvalue weighted by atomic mass is 10.2. The van der Waals surface area contributed by atoms with Gasteiger partial charge in [0.05, 0.1) is 0 Å². The molecule has 0 atom stereocenters. The third kappa shape index (κ3) is 1.37. The molecule has 0 aromatic rings. The number of hydrogen-bond acceptors (Lipinski definition) is 3. The van der Waals surface area contributed by atoms with E-state index in [1.165, 1.54) is 0 Å². The van der Waals surface area contributed by atoms with Crippen molar-refractivity contribution < 1.29 is 8.78 Å². The summed E-state index contributed by atoms with van der Waals surface area (Å²) in [5.74, 6) is -2.15. The fraction of sp³-hybridized carbons (Fsp3) is 0.125. The summed E-state index contributed by atoms with van der Waals surface area (Å²) in [6.07, 6.45) is 0. The molecule has 2 rings (SSSR count). The molecule has 0 aliphatic carbocycles. The van der Waals surface area contributed by atoms with Gasteiger partial charge in [-0.05, 0) is 18.6 Å². The van der Waals surface area contributed by atoms with E-state index in [4.69, 9.17) is 12.2 Å². The molecule has 2 aliphatic heterocycles. The highest BCUT2D eigenvalue weighted by atomic mass is 32.1. The number of pyridine rings is 1. The predicted octanol–water partition coefficient (Wildman–Crippen LogP) is 2.23. The number of aromatic amines is 1. The van der Waals surface area contributed by atoms with Crippen molar-refractivity contribution >= 4 is 12.2 Å². The molecule has 0 saturated carbocycles. The summed E-state index contributed by atoms with van der Waals surface area (Å²) < 4.78 is 25.8. The van der Waals surface area contributed by atoms with Gasteiger partial charge in [-0.2, -0.15) is 8.78 Å². The van der Waals surface area contributed by atoms with E-state index in [1.54, 1.807) is 13.0 Å². The molecular weight excluding hydrogens is 208 g/mol. The monoisotopic (exact) mass is 213 g/mol. The predicted molar refractivity (Wildman–Crippen MR) is 48.5 cm³/mol. The van der Waals surface area contributed by atoms with Crippen LogP contribution < -0.4 is 0 Å². The number of halogens is 2. The number of rotatable bonds is 0. The molecule has 0 aromatic heterocycles. The summed E-state index contributed by atoms with van der Waals surface area (Å²) in [6, 6.07) is 1.56. The summed E-state index contributed by atoms with van der Waals surface area (Å²) >= 11 is 4.88. The third-order valence-corrected chi connectivity index (χ3v) is 2.19. The van der Waals surface area contributed by atoms with Gasteiger partial charge in [-0.3, -0.25) is 0 Å². The zero-order chi connectivity index (χ0) is 10.3. The number of H-pyrrole nitrogens is 1. The van der Waals surface area contributed by atoms with E-state index in [1.807, 2.05) is 0 Å². The van der Waals surface area contributed by atoms with E-state index in [0.29, 0.717) is 10.2 Å². The van der Waals surface area contributed by atoms with Crippen LogP contribution in [0.25, 0.3) is 11.5 Å². The van der Waals surface area contributed by atoms with Gasteiger partial charge in [0.25, 0.3) is 5.95 Å². The molecule has 0 unspecified atom stereocenters. The number of aromatic nitrogens is 3. The van der Waals surface area contributed by atoms with E-state index >= 15 is 0 Å². The van der Waals surface area contributed by atoms with Gasteiger partial charge >= 0.3 is 0 Å². The molecule has 14 heavy (non-hydrogen) atoms. The molecule has 1 N–H and O–H groups in total. The van der Waals surface area contributed by atoms with Crippen molar-refractivity contribution in [3.8, 4) is 11.5 Å². The minimum absolute atomic E-state index is 0.152. The van der Waals surface area contributed by atoms with Gasteiger partial charge in [-0.1, -0.05) is 12.2 Å². The van der Waals surface area contributed by atoms with Crippen molar-refractivity contribution in [1.29, 1.82) is 0 Å². The maximum atomic E-state index is 12.7. The van der Waals surface area contributed by atoms with Crippen molar-refractivity contribution in [3.63, 3.8) is 0 Å². The Labute approximate surface area is 83.2 Å². The number of nitrogens with zero attached hydrogens (tertiary/aromatic N) is 2. The largest absolute Gasteiger partial charge is 0.311 e. The Morgan fingerprint density at radius 3 is 2.79 bits per heavy atom. The second-order valence-electron chi connectivity index (χ2n) is 2.82. The molecule has 2 aliphatic rings. The van der Waals surface area contributed by atoms with Crippen LogP contribution in [0.3, 0.4) is 0 Å². The van der Waals surface area contributed by atoms with Gasteiger partial charge in [-0.25, -0.2) is 9.97 Å². The van der Waals surface area contributed by atoms with Crippen LogP contribution in [-0.4, -0.2) is 15.0 Å². The molecule has 0 fully saturated rings. The van der Waals surface area contributed by atoms with Gasteiger partial charge in [-0.15, -0.1) is 0 Å². The lowest BCUT2D eigenvalue weighted by Gasteiger charge is -2.04. The van der Waals surface area contributed by atoms with Crippen molar-refractivity contribution in [2.24, 2.45) is 0 Å². The lowest BCUT2D eigenvalue weighted by Crippen LogP contribution is -2.03. The van der Waals surface area contributed by atoms with E-state index < -0.39 is 11.9 Å². The van der Waals surface area contributed by atoms with Crippen molar-refractivity contribution in [2.75, 3.05) is 0 Å². The van der Waals surface area contributed by atoms with Gasteiger partial charge in [0.2, 0.25) is 5.95 Å². The molecule has 2 heterocycles. The van der Waals surface area contributed by atoms with E-state index in [0.717, 1.165) is 0 Å². The molecular formula is C8H5F2N3S. The van der Waals surface area contributed by atoms with E-state index in [-0.39, 0.29) is 11.5 Å². The zero-order valence-corrected chi connectivity index (χ0v) is 7.95. The van der Waals surface area contributed by atoms with Crippen LogP contribution in [0.1, 0.15) is 5.56 Å². The standard InChI is InChI=1S/C8H5F2N3S/c1-3-2-4-7(13-8(3)14)12-6(10)5(9)11-4/h2H,1H3,(H,12,13,14). The van der Waals surface area contributed by atoms with Gasteiger partial charge < -0.3 is 4.98 Å². The maximum absolute atomic E-state index is 12.7. The Morgan fingerprint density at radius 1 is 1.36 bits per heavy atom. The van der Waals surface area contributed by atoms with Crippen LogP contribution in [0, 0.1) is 23.5 Å². The van der Waals surface area contributed by atoms with Gasteiger partial charge in [0.1, 0.15) is 10.3 Å². The SMILES string of the molecule is Cc1cc2nc(F)c(F)[nH]c-2nc1=S. The Morgan fingerprint density at radius 2 is 2.07 bits per heavy atom. The average molecular weight is 213 g/mol. The van der Waals surface area contributed by atoms with Crippen LogP contribution in [0.15, 0.2) is 6.07 Å². The lowest BCUT2D eigenvalue weighted by molar-refractivity contribution is 0.452. The fourth-order valence-electron chi connectivity index (χ4n) is 1.07. The quantitative estimate of drug-likeness (QED) is 0.682. The summed E-state index contributed by atoms with van der Waals surface area (Å²) in [6.45, 7) is 1.73. The average Bonchev–Trinajstić information content (AvgIpc) is 2.11. The second-order valence-corrected chi connectivity index (χ2v) is 3.21. The normalized spacial score (nSPS) is 10.8. The highest BCUT2D eigenvalue weighted by molar-refractivity contribution is 7.71. The first kappa shape index (κ1) is 9.14. The molecule has 0 amide bonds. The summed E-state index contributed by atoms with van der Waals surface area (Å²) in [4.78, 5) is 9.41. The molecule has 0 spiro atoms. The Bertz CT molecular complexity index is 523. The molecule has 6 heteroatoms. The summed E-state index contributed by atoms with van der Waals surface area (Å²) in [7, 11) is 0. The number of hydrogen-bond donors (Lipinski definition) is 1. The molecule has 0 saturated heterocycles. The highest BCUT2D eigenvalue weighted by Gasteiger charge is 2.12. The number of fused-ring (bicyclic) bond motifs is 1. The Hall–Kier alpha value is -1.43. The maximum Gasteiger partial charge on any atom is 0.267 e. The third-order valence-electron chi connectivity index (χ3n) is 1.77. The van der Waals surface area contributed by atoms with Crippen molar-refractivity contribution in [3.05, 3.63) is 28.2 Å². The van der Waals surface area contributed by atoms with Gasteiger partial charge in [0, 0.05) is 0 Å². The minimum atomic E-state index is -1.17. The highest BCUT2D eigenvalue weighted by Crippen LogP contribution is 2.17. The van der Waals surface area contributed by atoms with Gasteiger partial charge in [0.15, 0.2) is 5.82 Å². The first-order valence-electron chi connectivity index (χ1n) is 3.80. The van der Waals surface area contributed by atoms with Crippen molar-refractivity contribution in [1.82, 2.24) is 15.0 Å². The number of nitrogens with one attached hydrogen (secondary N) is 1. The van der Waals surface area contributed by atoms with Crippen LogP contribution in [0.4, 0.5) is 8.78 Å². The molecule has 72 valence electrons. The van der Waals surface area contributed by atoms with Crippen LogP contribution in [0.2, 0.25) is 0 Å². The first-order chi connectivity index (χ1) is 6.58. The minimum Gasteiger partial charge on any atom is -0.311 e. The summed E-state index contributed by atoms with van der Waals surface area (Å²) in [5, 5.41) is 0. The smallest absolute Gasteiger partial charge is 0.267 e. The molecule has 0 bridgehead atoms. The Balaban J connectivity index is 2.85. The molecule has 0 radical (unpaired) electrons. The topological polar surface area (TPSA) is 41.6 Å². The molecule has 3 nitrogen and oxygen atoms in total. The van der Waals surface area contributed by atoms with E-state index in [2.05, 4.69) is 15.0 Å². The second kappa shape index (κ2) is 3.06. The Kier molecular flexibility index (Phi) is 1.99.